The van der Waals surface area contributed by atoms with Crippen LogP contribution < -0.4 is 4.90 Å². The van der Waals surface area contributed by atoms with Crippen LogP contribution in [0.5, 0.6) is 0 Å². The fraction of sp³-hybridized carbons (Fsp3) is 0.529. The number of terminal acetylenes is 2. The van der Waals surface area contributed by atoms with E-state index in [1.54, 1.807) is 9.80 Å². The number of nitrogens with zero attached hydrogens (tertiary/aromatic N) is 4. The van der Waals surface area contributed by atoms with Gasteiger partial charge in [0.2, 0.25) is 0 Å². The SMILES string of the molecule is C#CCN1CN(c2snc(CC)c2C)C(=O)N(C(C)(C)C#C)C1. The van der Waals surface area contributed by atoms with Crippen LogP contribution >= 0.6 is 11.5 Å². The molecular weight excluding hydrogens is 308 g/mol. The van der Waals surface area contributed by atoms with Crippen LogP contribution in [0.4, 0.5) is 9.80 Å². The van der Waals surface area contributed by atoms with Crippen molar-refractivity contribution in [3.05, 3.63) is 11.3 Å². The van der Waals surface area contributed by atoms with E-state index in [1.807, 2.05) is 25.7 Å². The Kier molecular flexibility index (Phi) is 4.99. The van der Waals surface area contributed by atoms with E-state index in [9.17, 15) is 4.79 Å². The van der Waals surface area contributed by atoms with Crippen LogP contribution in [0.1, 0.15) is 32.0 Å². The molecule has 1 saturated heterocycles. The highest BCUT2D eigenvalue weighted by Crippen LogP contribution is 2.32. The predicted octanol–water partition coefficient (Wildman–Crippen LogP) is 2.52. The monoisotopic (exact) mass is 330 g/mol. The molecule has 0 bridgehead atoms. The second-order valence-electron chi connectivity index (χ2n) is 6.07. The van der Waals surface area contributed by atoms with E-state index in [0.29, 0.717) is 19.9 Å². The molecule has 0 unspecified atom stereocenters. The van der Waals surface area contributed by atoms with Gasteiger partial charge in [0.25, 0.3) is 0 Å². The number of amides is 2. The molecule has 122 valence electrons. The molecule has 1 aliphatic heterocycles. The highest BCUT2D eigenvalue weighted by atomic mass is 32.1. The molecule has 1 aromatic rings. The van der Waals surface area contributed by atoms with Crippen molar-refractivity contribution in [2.24, 2.45) is 0 Å². The zero-order chi connectivity index (χ0) is 17.2. The molecule has 23 heavy (non-hydrogen) atoms. The number of hydrogen-bond donors (Lipinski definition) is 0. The molecule has 0 atom stereocenters. The van der Waals surface area contributed by atoms with Gasteiger partial charge in [0.05, 0.1) is 25.6 Å². The lowest BCUT2D eigenvalue weighted by Gasteiger charge is -2.46. The van der Waals surface area contributed by atoms with Crippen molar-refractivity contribution in [2.75, 3.05) is 24.8 Å². The molecule has 1 aromatic heterocycles. The number of aryl methyl sites for hydroxylation is 1. The first-order valence-corrected chi connectivity index (χ1v) is 8.30. The highest BCUT2D eigenvalue weighted by Gasteiger charge is 2.39. The number of rotatable bonds is 4. The lowest BCUT2D eigenvalue weighted by atomic mass is 10.0. The fourth-order valence-electron chi connectivity index (χ4n) is 2.53. The normalized spacial score (nSPS) is 16.3. The summed E-state index contributed by atoms with van der Waals surface area (Å²) in [6, 6.07) is -0.101. The van der Waals surface area contributed by atoms with Gasteiger partial charge in [0.1, 0.15) is 10.5 Å². The first kappa shape index (κ1) is 17.3. The largest absolute Gasteiger partial charge is 0.328 e. The van der Waals surface area contributed by atoms with Crippen molar-refractivity contribution >= 4 is 22.6 Å². The minimum atomic E-state index is -0.686. The molecule has 0 N–H and O–H groups in total. The Labute approximate surface area is 142 Å². The molecule has 0 aromatic carbocycles. The summed E-state index contributed by atoms with van der Waals surface area (Å²) < 4.78 is 4.45. The Morgan fingerprint density at radius 1 is 1.35 bits per heavy atom. The summed E-state index contributed by atoms with van der Waals surface area (Å²) in [5.41, 5.74) is 1.39. The molecule has 0 aliphatic carbocycles. The molecule has 1 fully saturated rings. The van der Waals surface area contributed by atoms with Gasteiger partial charge in [-0.05, 0) is 38.7 Å². The number of urea groups is 1. The van der Waals surface area contributed by atoms with Crippen molar-refractivity contribution in [1.82, 2.24) is 14.2 Å². The summed E-state index contributed by atoms with van der Waals surface area (Å²) in [4.78, 5) is 18.4. The number of anilines is 1. The summed E-state index contributed by atoms with van der Waals surface area (Å²) in [7, 11) is 0. The smallest absolute Gasteiger partial charge is 0.295 e. The average Bonchev–Trinajstić information content (AvgIpc) is 2.89. The van der Waals surface area contributed by atoms with Crippen LogP contribution in [-0.4, -0.2) is 45.6 Å². The molecule has 0 radical (unpaired) electrons. The van der Waals surface area contributed by atoms with Crippen LogP contribution in [-0.2, 0) is 6.42 Å². The molecule has 2 heterocycles. The van der Waals surface area contributed by atoms with Crippen LogP contribution in [0.3, 0.4) is 0 Å². The van der Waals surface area contributed by atoms with Gasteiger partial charge in [-0.2, -0.15) is 4.37 Å². The maximum absolute atomic E-state index is 13.0. The number of aromatic nitrogens is 1. The predicted molar refractivity (Wildman–Crippen MR) is 94.1 cm³/mol. The van der Waals surface area contributed by atoms with Gasteiger partial charge in [0, 0.05) is 5.56 Å². The minimum Gasteiger partial charge on any atom is -0.295 e. The molecule has 6 heteroatoms. The molecule has 5 nitrogen and oxygen atoms in total. The van der Waals surface area contributed by atoms with Gasteiger partial charge in [-0.1, -0.05) is 18.8 Å². The Morgan fingerprint density at radius 2 is 2.04 bits per heavy atom. The lowest BCUT2D eigenvalue weighted by molar-refractivity contribution is 0.0857. The van der Waals surface area contributed by atoms with Gasteiger partial charge in [-0.3, -0.25) is 14.7 Å². The molecular formula is C17H22N4OS. The van der Waals surface area contributed by atoms with E-state index in [-0.39, 0.29) is 6.03 Å². The highest BCUT2D eigenvalue weighted by molar-refractivity contribution is 7.10. The van der Waals surface area contributed by atoms with Crippen molar-refractivity contribution < 1.29 is 4.79 Å². The minimum absolute atomic E-state index is 0.101. The van der Waals surface area contributed by atoms with Crippen molar-refractivity contribution in [3.63, 3.8) is 0 Å². The maximum atomic E-state index is 13.0. The Balaban J connectivity index is 2.41. The summed E-state index contributed by atoms with van der Waals surface area (Å²) in [6.07, 6.45) is 11.9. The zero-order valence-corrected chi connectivity index (χ0v) is 14.9. The lowest BCUT2D eigenvalue weighted by Crippen LogP contribution is -2.63. The van der Waals surface area contributed by atoms with Gasteiger partial charge < -0.3 is 0 Å². The van der Waals surface area contributed by atoms with E-state index in [0.717, 1.165) is 22.7 Å². The van der Waals surface area contributed by atoms with Crippen LogP contribution in [0.25, 0.3) is 0 Å². The summed E-state index contributed by atoms with van der Waals surface area (Å²) >= 11 is 1.35. The van der Waals surface area contributed by atoms with Crippen molar-refractivity contribution in [1.29, 1.82) is 0 Å². The van der Waals surface area contributed by atoms with Gasteiger partial charge in [0.15, 0.2) is 0 Å². The number of carbonyl (C=O) groups is 1. The topological polar surface area (TPSA) is 39.7 Å². The third-order valence-electron chi connectivity index (χ3n) is 4.06. The number of carbonyl (C=O) groups excluding carboxylic acids is 1. The Bertz CT molecular complexity index is 680. The van der Waals surface area contributed by atoms with Crippen LogP contribution in [0.15, 0.2) is 0 Å². The van der Waals surface area contributed by atoms with Crippen LogP contribution in [0, 0.1) is 31.6 Å². The fourth-order valence-corrected chi connectivity index (χ4v) is 3.48. The van der Waals surface area contributed by atoms with Crippen LogP contribution in [0.2, 0.25) is 0 Å². The second kappa shape index (κ2) is 6.62. The van der Waals surface area contributed by atoms with E-state index in [2.05, 4.69) is 23.1 Å². The molecule has 2 amide bonds. The van der Waals surface area contributed by atoms with Gasteiger partial charge in [-0.15, -0.1) is 12.8 Å². The Hall–Kier alpha value is -2.02. The van der Waals surface area contributed by atoms with E-state index >= 15 is 0 Å². The quantitative estimate of drug-likeness (QED) is 0.797. The number of hydrogen-bond acceptors (Lipinski definition) is 4. The molecule has 1 aliphatic rings. The van der Waals surface area contributed by atoms with E-state index in [4.69, 9.17) is 12.8 Å². The third-order valence-corrected chi connectivity index (χ3v) is 5.07. The van der Waals surface area contributed by atoms with E-state index in [1.165, 1.54) is 11.5 Å². The first-order chi connectivity index (χ1) is 10.9. The molecule has 0 saturated carbocycles. The summed E-state index contributed by atoms with van der Waals surface area (Å²) in [6.45, 7) is 9.12. The van der Waals surface area contributed by atoms with E-state index < -0.39 is 5.54 Å². The summed E-state index contributed by atoms with van der Waals surface area (Å²) in [5, 5.41) is 0.867. The summed E-state index contributed by atoms with van der Waals surface area (Å²) in [5.74, 6) is 5.34. The molecule has 0 spiro atoms. The molecule has 2 rings (SSSR count). The second-order valence-corrected chi connectivity index (χ2v) is 6.82. The van der Waals surface area contributed by atoms with Crippen molar-refractivity contribution in [3.8, 4) is 24.7 Å². The van der Waals surface area contributed by atoms with Gasteiger partial charge in [-0.25, -0.2) is 4.79 Å². The third kappa shape index (κ3) is 3.19. The van der Waals surface area contributed by atoms with Crippen molar-refractivity contribution in [2.45, 2.75) is 39.7 Å². The average molecular weight is 330 g/mol. The Morgan fingerprint density at radius 3 is 2.57 bits per heavy atom. The first-order valence-electron chi connectivity index (χ1n) is 7.53. The van der Waals surface area contributed by atoms with Gasteiger partial charge >= 0.3 is 6.03 Å². The maximum Gasteiger partial charge on any atom is 0.328 e. The zero-order valence-electron chi connectivity index (χ0n) is 14.1. The standard InChI is InChI=1S/C17H22N4OS/c1-7-10-19-11-20(15-13(4)14(8-2)18-23-15)16(22)21(12-19)17(5,6)9-3/h1,3H,8,10-12H2,2,4-6H3.